The Kier molecular flexibility index (Phi) is 5.31. The maximum Gasteiger partial charge on any atom is 0.416 e. The van der Waals surface area contributed by atoms with Gasteiger partial charge in [0.2, 0.25) is 0 Å². The first kappa shape index (κ1) is 17.8. The largest absolute Gasteiger partial charge is 0.416 e. The highest BCUT2D eigenvalue weighted by Gasteiger charge is 2.43. The summed E-state index contributed by atoms with van der Waals surface area (Å²) in [5.74, 6) is -0.196. The van der Waals surface area contributed by atoms with Crippen LogP contribution in [-0.4, -0.2) is 5.84 Å². The van der Waals surface area contributed by atoms with Crippen LogP contribution in [0.4, 0.5) is 13.2 Å². The molecule has 2 rings (SSSR count). The second-order valence-electron chi connectivity index (χ2n) is 5.62. The Bertz CT molecular complexity index is 508. The van der Waals surface area contributed by atoms with E-state index in [2.05, 4.69) is 0 Å². The molecule has 0 amide bonds. The van der Waals surface area contributed by atoms with Crippen LogP contribution in [0.3, 0.4) is 0 Å². The predicted molar refractivity (Wildman–Crippen MR) is 79.9 cm³/mol. The lowest BCUT2D eigenvalue weighted by Gasteiger charge is -2.36. The molecule has 1 aliphatic carbocycles. The Morgan fingerprint density at radius 3 is 2.33 bits per heavy atom. The van der Waals surface area contributed by atoms with E-state index in [9.17, 15) is 13.2 Å². The van der Waals surface area contributed by atoms with Crippen molar-refractivity contribution in [1.82, 2.24) is 0 Å². The average molecular weight is 321 g/mol. The maximum absolute atomic E-state index is 12.9. The van der Waals surface area contributed by atoms with Crippen LogP contribution < -0.4 is 5.73 Å². The topological polar surface area (TPSA) is 49.9 Å². The standard InChI is InChI=1S/C15H19F3N2.ClH/c1-10(13(19)20)14(7-2-3-8-14)11-5-4-6-12(9-11)15(16,17)18;/h4-6,9-10H,2-3,7-8H2,1H3,(H3,19,20);1H. The third-order valence-corrected chi connectivity index (χ3v) is 4.56. The molecule has 0 saturated heterocycles. The van der Waals surface area contributed by atoms with Gasteiger partial charge in [-0.2, -0.15) is 13.2 Å². The van der Waals surface area contributed by atoms with Crippen LogP contribution >= 0.6 is 12.4 Å². The zero-order valence-corrected chi connectivity index (χ0v) is 12.7. The van der Waals surface area contributed by atoms with Crippen molar-refractivity contribution < 1.29 is 13.2 Å². The molecule has 0 aliphatic heterocycles. The minimum atomic E-state index is -4.34. The van der Waals surface area contributed by atoms with Crippen molar-refractivity contribution in [2.75, 3.05) is 0 Å². The fourth-order valence-electron chi connectivity index (χ4n) is 3.28. The van der Waals surface area contributed by atoms with Gasteiger partial charge in [-0.3, -0.25) is 5.41 Å². The monoisotopic (exact) mass is 320 g/mol. The molecule has 21 heavy (non-hydrogen) atoms. The zero-order chi connectivity index (χ0) is 15.0. The van der Waals surface area contributed by atoms with Crippen LogP contribution in [0.15, 0.2) is 24.3 Å². The second kappa shape index (κ2) is 6.26. The normalized spacial score (nSPS) is 18.9. The number of halogens is 4. The van der Waals surface area contributed by atoms with Crippen molar-refractivity contribution in [3.8, 4) is 0 Å². The average Bonchev–Trinajstić information content (AvgIpc) is 2.87. The van der Waals surface area contributed by atoms with E-state index in [4.69, 9.17) is 11.1 Å². The van der Waals surface area contributed by atoms with Gasteiger partial charge in [0.1, 0.15) is 0 Å². The Balaban J connectivity index is 0.00000220. The van der Waals surface area contributed by atoms with Crippen LogP contribution in [0.25, 0.3) is 0 Å². The Morgan fingerprint density at radius 1 is 1.29 bits per heavy atom. The van der Waals surface area contributed by atoms with Crippen LogP contribution in [0.5, 0.6) is 0 Å². The molecule has 0 radical (unpaired) electrons. The molecule has 1 unspecified atom stereocenters. The first-order valence-electron chi connectivity index (χ1n) is 6.79. The lowest BCUT2D eigenvalue weighted by molar-refractivity contribution is -0.137. The van der Waals surface area contributed by atoms with Crippen molar-refractivity contribution in [1.29, 1.82) is 5.41 Å². The number of alkyl halides is 3. The van der Waals surface area contributed by atoms with Gasteiger partial charge in [-0.1, -0.05) is 38.0 Å². The number of benzene rings is 1. The van der Waals surface area contributed by atoms with Gasteiger partial charge in [0, 0.05) is 11.3 Å². The number of amidine groups is 1. The van der Waals surface area contributed by atoms with E-state index in [-0.39, 0.29) is 24.2 Å². The summed E-state index contributed by atoms with van der Waals surface area (Å²) < 4.78 is 38.6. The molecule has 1 fully saturated rings. The van der Waals surface area contributed by atoms with E-state index in [1.807, 2.05) is 6.92 Å². The third kappa shape index (κ3) is 3.34. The number of rotatable bonds is 3. The minimum absolute atomic E-state index is 0. The molecule has 1 aromatic rings. The van der Waals surface area contributed by atoms with Crippen LogP contribution in [0.1, 0.15) is 43.7 Å². The number of hydrogen-bond acceptors (Lipinski definition) is 1. The second-order valence-corrected chi connectivity index (χ2v) is 5.62. The van der Waals surface area contributed by atoms with E-state index >= 15 is 0 Å². The Morgan fingerprint density at radius 2 is 1.86 bits per heavy atom. The van der Waals surface area contributed by atoms with Gasteiger partial charge in [0.25, 0.3) is 0 Å². The Hall–Kier alpha value is -1.23. The maximum atomic E-state index is 12.9. The lowest BCUT2D eigenvalue weighted by atomic mass is 9.69. The molecule has 1 aromatic carbocycles. The molecule has 6 heteroatoms. The van der Waals surface area contributed by atoms with Gasteiger partial charge in [-0.05, 0) is 24.5 Å². The summed E-state index contributed by atoms with van der Waals surface area (Å²) in [5, 5.41) is 7.67. The molecular weight excluding hydrogens is 301 g/mol. The quantitative estimate of drug-likeness (QED) is 0.624. The molecule has 0 spiro atoms. The zero-order valence-electron chi connectivity index (χ0n) is 11.8. The molecule has 2 nitrogen and oxygen atoms in total. The van der Waals surface area contributed by atoms with Crippen molar-refractivity contribution in [3.05, 3.63) is 35.4 Å². The van der Waals surface area contributed by atoms with Crippen LogP contribution in [-0.2, 0) is 11.6 Å². The first-order chi connectivity index (χ1) is 9.27. The Labute approximate surface area is 128 Å². The smallest absolute Gasteiger partial charge is 0.387 e. The lowest BCUT2D eigenvalue weighted by Crippen LogP contribution is -2.39. The highest BCUT2D eigenvalue weighted by molar-refractivity contribution is 5.85. The van der Waals surface area contributed by atoms with Crippen molar-refractivity contribution >= 4 is 18.2 Å². The molecule has 3 N–H and O–H groups in total. The fraction of sp³-hybridized carbons (Fsp3) is 0.533. The van der Waals surface area contributed by atoms with Crippen LogP contribution in [0, 0.1) is 11.3 Å². The van der Waals surface area contributed by atoms with E-state index in [0.717, 1.165) is 31.7 Å². The number of hydrogen-bond donors (Lipinski definition) is 2. The summed E-state index contributed by atoms with van der Waals surface area (Å²) >= 11 is 0. The van der Waals surface area contributed by atoms with Gasteiger partial charge in [0.15, 0.2) is 0 Å². The van der Waals surface area contributed by atoms with Gasteiger partial charge in [-0.15, -0.1) is 12.4 Å². The van der Waals surface area contributed by atoms with E-state index in [1.165, 1.54) is 12.1 Å². The fourth-order valence-corrected chi connectivity index (χ4v) is 3.28. The molecule has 1 aliphatic rings. The molecule has 1 atom stereocenters. The molecule has 0 aromatic heterocycles. The SMILES string of the molecule is CC(C(=N)N)C1(c2cccc(C(F)(F)F)c2)CCCC1.Cl. The highest BCUT2D eigenvalue weighted by Crippen LogP contribution is 2.47. The van der Waals surface area contributed by atoms with Crippen molar-refractivity contribution in [2.24, 2.45) is 11.7 Å². The van der Waals surface area contributed by atoms with E-state index < -0.39 is 17.2 Å². The third-order valence-electron chi connectivity index (χ3n) is 4.56. The highest BCUT2D eigenvalue weighted by atomic mass is 35.5. The van der Waals surface area contributed by atoms with Crippen molar-refractivity contribution in [3.63, 3.8) is 0 Å². The summed E-state index contributed by atoms with van der Waals surface area (Å²) in [7, 11) is 0. The van der Waals surface area contributed by atoms with Gasteiger partial charge < -0.3 is 5.73 Å². The predicted octanol–water partition coefficient (Wildman–Crippen LogP) is 4.51. The summed E-state index contributed by atoms with van der Waals surface area (Å²) in [5.41, 5.74) is 5.23. The summed E-state index contributed by atoms with van der Waals surface area (Å²) in [6.45, 7) is 1.84. The molecular formula is C15H20ClF3N2. The molecule has 118 valence electrons. The summed E-state index contributed by atoms with van der Waals surface area (Å²) in [6.07, 6.45) is -0.832. The minimum Gasteiger partial charge on any atom is -0.387 e. The van der Waals surface area contributed by atoms with E-state index in [1.54, 1.807) is 6.07 Å². The van der Waals surface area contributed by atoms with Gasteiger partial charge in [0.05, 0.1) is 11.4 Å². The first-order valence-corrected chi connectivity index (χ1v) is 6.79. The van der Waals surface area contributed by atoms with Crippen LogP contribution in [0.2, 0.25) is 0 Å². The molecule has 0 bridgehead atoms. The number of nitrogens with one attached hydrogen (secondary N) is 1. The van der Waals surface area contributed by atoms with Gasteiger partial charge >= 0.3 is 6.18 Å². The molecule has 0 heterocycles. The molecule has 1 saturated carbocycles. The van der Waals surface area contributed by atoms with Crippen molar-refractivity contribution in [2.45, 2.75) is 44.2 Å². The summed E-state index contributed by atoms with van der Waals surface area (Å²) in [6, 6.07) is 5.50. The van der Waals surface area contributed by atoms with E-state index in [0.29, 0.717) is 5.56 Å². The number of nitrogens with two attached hydrogens (primary N) is 1. The summed E-state index contributed by atoms with van der Waals surface area (Å²) in [4.78, 5) is 0. The van der Waals surface area contributed by atoms with Gasteiger partial charge in [-0.25, -0.2) is 0 Å².